The predicted octanol–water partition coefficient (Wildman–Crippen LogP) is 1.28. The molecule has 0 spiro atoms. The molecule has 0 amide bonds. The summed E-state index contributed by atoms with van der Waals surface area (Å²) >= 11 is 0. The van der Waals surface area contributed by atoms with Crippen LogP contribution in [0.2, 0.25) is 0 Å². The summed E-state index contributed by atoms with van der Waals surface area (Å²) in [6, 6.07) is 7.16. The van der Waals surface area contributed by atoms with Gasteiger partial charge in [-0.3, -0.25) is 4.79 Å². The van der Waals surface area contributed by atoms with Gasteiger partial charge in [0.2, 0.25) is 5.89 Å². The van der Waals surface area contributed by atoms with Crippen LogP contribution in [-0.4, -0.2) is 26.3 Å². The van der Waals surface area contributed by atoms with Crippen LogP contribution in [0.5, 0.6) is 0 Å². The Balaban J connectivity index is 2.13. The van der Waals surface area contributed by atoms with Gasteiger partial charge in [-0.1, -0.05) is 0 Å². The Bertz CT molecular complexity index is 814. The van der Waals surface area contributed by atoms with E-state index in [0.29, 0.717) is 16.8 Å². The molecular formula is C12H7N3O4. The first-order chi connectivity index (χ1) is 9.13. The number of nitrogens with one attached hydrogen (secondary N) is 1. The Hall–Kier alpha value is -2.96. The van der Waals surface area contributed by atoms with Crippen LogP contribution >= 0.6 is 0 Å². The molecule has 94 valence electrons. The van der Waals surface area contributed by atoms with Gasteiger partial charge in [-0.2, -0.15) is 5.10 Å². The number of carbonyl (C=O) groups is 1. The fourth-order valence-electron chi connectivity index (χ4n) is 1.63. The number of hydrogen-bond acceptors (Lipinski definition) is 5. The molecule has 0 aliphatic rings. The molecule has 0 saturated carbocycles. The second-order valence-corrected chi connectivity index (χ2v) is 3.81. The van der Waals surface area contributed by atoms with E-state index in [2.05, 4.69) is 15.2 Å². The standard InChI is InChI=1S/C12H7N3O4/c16-10-4-3-8(14-15-10)11-13-7-2-1-6(12(17)18)5-9(7)19-11/h1-5H,(H,15,16)(H,17,18). The van der Waals surface area contributed by atoms with Crippen molar-refractivity contribution in [2.24, 2.45) is 0 Å². The Kier molecular flexibility index (Phi) is 2.38. The van der Waals surface area contributed by atoms with Crippen molar-refractivity contribution in [1.29, 1.82) is 0 Å². The van der Waals surface area contributed by atoms with E-state index in [4.69, 9.17) is 9.52 Å². The molecule has 0 saturated heterocycles. The average Bonchev–Trinajstić information content (AvgIpc) is 2.82. The number of benzene rings is 1. The topological polar surface area (TPSA) is 109 Å². The van der Waals surface area contributed by atoms with Gasteiger partial charge in [0.05, 0.1) is 5.56 Å². The lowest BCUT2D eigenvalue weighted by Gasteiger charge is -1.91. The highest BCUT2D eigenvalue weighted by atomic mass is 16.4. The van der Waals surface area contributed by atoms with E-state index < -0.39 is 5.97 Å². The molecule has 0 aliphatic carbocycles. The monoisotopic (exact) mass is 257 g/mol. The van der Waals surface area contributed by atoms with Gasteiger partial charge in [0.25, 0.3) is 5.56 Å². The normalized spacial score (nSPS) is 10.7. The lowest BCUT2D eigenvalue weighted by Crippen LogP contribution is -2.05. The number of carboxylic acid groups (broad SMARTS) is 1. The molecule has 0 unspecified atom stereocenters. The number of fused-ring (bicyclic) bond motifs is 1. The molecule has 0 atom stereocenters. The van der Waals surface area contributed by atoms with Crippen molar-refractivity contribution in [1.82, 2.24) is 15.2 Å². The van der Waals surface area contributed by atoms with Crippen molar-refractivity contribution in [2.75, 3.05) is 0 Å². The third kappa shape index (κ3) is 1.97. The predicted molar refractivity (Wildman–Crippen MR) is 64.8 cm³/mol. The van der Waals surface area contributed by atoms with Crippen LogP contribution in [0.25, 0.3) is 22.7 Å². The number of oxazole rings is 1. The van der Waals surface area contributed by atoms with Gasteiger partial charge in [-0.15, -0.1) is 0 Å². The van der Waals surface area contributed by atoms with E-state index in [1.54, 1.807) is 6.07 Å². The Labute approximate surface area is 105 Å². The van der Waals surface area contributed by atoms with Gasteiger partial charge in [0.1, 0.15) is 11.2 Å². The van der Waals surface area contributed by atoms with E-state index in [1.165, 1.54) is 24.3 Å². The molecule has 7 heteroatoms. The molecular weight excluding hydrogens is 250 g/mol. The van der Waals surface area contributed by atoms with Crippen LogP contribution < -0.4 is 5.56 Å². The summed E-state index contributed by atoms with van der Waals surface area (Å²) in [5.74, 6) is -0.823. The molecule has 2 N–H and O–H groups in total. The number of aromatic nitrogens is 3. The van der Waals surface area contributed by atoms with Gasteiger partial charge < -0.3 is 9.52 Å². The summed E-state index contributed by atoms with van der Waals surface area (Å²) in [4.78, 5) is 25.9. The molecule has 3 rings (SSSR count). The average molecular weight is 257 g/mol. The molecule has 2 heterocycles. The fourth-order valence-corrected chi connectivity index (χ4v) is 1.63. The van der Waals surface area contributed by atoms with Crippen LogP contribution in [0.4, 0.5) is 0 Å². The Morgan fingerprint density at radius 1 is 1.26 bits per heavy atom. The van der Waals surface area contributed by atoms with E-state index in [0.717, 1.165) is 0 Å². The highest BCUT2D eigenvalue weighted by Crippen LogP contribution is 2.22. The zero-order valence-corrected chi connectivity index (χ0v) is 9.45. The van der Waals surface area contributed by atoms with Crippen LogP contribution in [0.15, 0.2) is 39.5 Å². The maximum absolute atomic E-state index is 10.9. The van der Waals surface area contributed by atoms with Gasteiger partial charge in [-0.05, 0) is 24.3 Å². The zero-order valence-electron chi connectivity index (χ0n) is 9.45. The third-order valence-corrected chi connectivity index (χ3v) is 2.53. The number of carboxylic acids is 1. The van der Waals surface area contributed by atoms with Gasteiger partial charge in [-0.25, -0.2) is 14.9 Å². The molecule has 19 heavy (non-hydrogen) atoms. The minimum absolute atomic E-state index is 0.115. The molecule has 0 radical (unpaired) electrons. The van der Waals surface area contributed by atoms with E-state index in [1.807, 2.05) is 0 Å². The first-order valence-electron chi connectivity index (χ1n) is 5.33. The number of hydrogen-bond donors (Lipinski definition) is 2. The number of rotatable bonds is 2. The highest BCUT2D eigenvalue weighted by molar-refractivity contribution is 5.92. The minimum Gasteiger partial charge on any atom is -0.478 e. The van der Waals surface area contributed by atoms with Crippen LogP contribution in [0.3, 0.4) is 0 Å². The summed E-state index contributed by atoms with van der Waals surface area (Å²) in [6.07, 6.45) is 0. The quantitative estimate of drug-likeness (QED) is 0.715. The summed E-state index contributed by atoms with van der Waals surface area (Å²) in [7, 11) is 0. The number of nitrogens with zero attached hydrogens (tertiary/aromatic N) is 2. The molecule has 1 aromatic carbocycles. The zero-order chi connectivity index (χ0) is 13.4. The molecule has 7 nitrogen and oxygen atoms in total. The fraction of sp³-hybridized carbons (Fsp3) is 0. The summed E-state index contributed by atoms with van der Waals surface area (Å²) in [5.41, 5.74) is 1.03. The maximum Gasteiger partial charge on any atom is 0.335 e. The second kappa shape index (κ2) is 4.05. The lowest BCUT2D eigenvalue weighted by atomic mass is 10.2. The van der Waals surface area contributed by atoms with E-state index in [-0.39, 0.29) is 17.0 Å². The summed E-state index contributed by atoms with van der Waals surface area (Å²) in [5, 5.41) is 14.9. The minimum atomic E-state index is -1.04. The Morgan fingerprint density at radius 3 is 2.79 bits per heavy atom. The smallest absolute Gasteiger partial charge is 0.335 e. The van der Waals surface area contributed by atoms with Crippen molar-refractivity contribution >= 4 is 17.1 Å². The Morgan fingerprint density at radius 2 is 2.11 bits per heavy atom. The first-order valence-corrected chi connectivity index (χ1v) is 5.33. The largest absolute Gasteiger partial charge is 0.478 e. The molecule has 0 aliphatic heterocycles. The van der Waals surface area contributed by atoms with Crippen molar-refractivity contribution < 1.29 is 14.3 Å². The van der Waals surface area contributed by atoms with Gasteiger partial charge >= 0.3 is 5.97 Å². The van der Waals surface area contributed by atoms with E-state index >= 15 is 0 Å². The maximum atomic E-state index is 10.9. The van der Waals surface area contributed by atoms with Crippen molar-refractivity contribution in [2.45, 2.75) is 0 Å². The first kappa shape index (κ1) is 11.1. The van der Waals surface area contributed by atoms with Gasteiger partial charge in [0.15, 0.2) is 5.58 Å². The van der Waals surface area contributed by atoms with Crippen molar-refractivity contribution in [3.63, 3.8) is 0 Å². The number of H-pyrrole nitrogens is 1. The number of aromatic carboxylic acids is 1. The van der Waals surface area contributed by atoms with Crippen molar-refractivity contribution in [3.8, 4) is 11.6 Å². The third-order valence-electron chi connectivity index (χ3n) is 2.53. The van der Waals surface area contributed by atoms with Crippen molar-refractivity contribution in [3.05, 3.63) is 46.2 Å². The number of aromatic amines is 1. The second-order valence-electron chi connectivity index (χ2n) is 3.81. The lowest BCUT2D eigenvalue weighted by molar-refractivity contribution is 0.0697. The summed E-state index contributed by atoms with van der Waals surface area (Å²) in [6.45, 7) is 0. The SMILES string of the molecule is O=C(O)c1ccc2nc(-c3ccc(=O)[nH]n3)oc2c1. The highest BCUT2D eigenvalue weighted by Gasteiger charge is 2.12. The molecule has 3 aromatic rings. The molecule has 2 aromatic heterocycles. The summed E-state index contributed by atoms with van der Waals surface area (Å²) < 4.78 is 5.43. The van der Waals surface area contributed by atoms with Gasteiger partial charge in [0, 0.05) is 6.07 Å². The van der Waals surface area contributed by atoms with Crippen LogP contribution in [-0.2, 0) is 0 Å². The van der Waals surface area contributed by atoms with Crippen LogP contribution in [0.1, 0.15) is 10.4 Å². The molecule has 0 fully saturated rings. The van der Waals surface area contributed by atoms with Crippen LogP contribution in [0, 0.1) is 0 Å². The molecule has 0 bridgehead atoms. The van der Waals surface area contributed by atoms with E-state index in [9.17, 15) is 9.59 Å².